The number of benzene rings is 1. The molecule has 0 amide bonds. The molecule has 22 heavy (non-hydrogen) atoms. The number of fused-ring (bicyclic) bond motifs is 1. The smallest absolute Gasteiger partial charge is 0.196 e. The van der Waals surface area contributed by atoms with Crippen LogP contribution < -0.4 is 9.47 Å². The minimum absolute atomic E-state index is 0.0864. The third-order valence-electron chi connectivity index (χ3n) is 7.22. The second kappa shape index (κ2) is 3.42. The van der Waals surface area contributed by atoms with Crippen molar-refractivity contribution in [3.8, 4) is 11.5 Å². The molecule has 2 fully saturated rings. The molecule has 0 radical (unpaired) electrons. The Labute approximate surface area is 129 Å². The van der Waals surface area contributed by atoms with Crippen molar-refractivity contribution in [1.29, 1.82) is 0 Å². The lowest BCUT2D eigenvalue weighted by Crippen LogP contribution is -2.54. The Hall–Kier alpha value is -1.77. The Morgan fingerprint density at radius 1 is 1.27 bits per heavy atom. The van der Waals surface area contributed by atoms with Crippen LogP contribution in [0.25, 0.3) is 0 Å². The zero-order chi connectivity index (χ0) is 14.6. The Morgan fingerprint density at radius 2 is 2.18 bits per heavy atom. The molecule has 2 saturated carbocycles. The first kappa shape index (κ1) is 11.8. The van der Waals surface area contributed by atoms with Gasteiger partial charge in [-0.05, 0) is 60.6 Å². The zero-order valence-electron chi connectivity index (χ0n) is 12.5. The van der Waals surface area contributed by atoms with Gasteiger partial charge in [-0.3, -0.25) is 4.79 Å². The molecule has 4 bridgehead atoms. The largest absolute Gasteiger partial charge is 0.493 e. The fourth-order valence-corrected chi connectivity index (χ4v) is 6.76. The van der Waals surface area contributed by atoms with Gasteiger partial charge in [0.2, 0.25) is 0 Å². The number of carbonyl (C=O) groups excluding carboxylic acids is 1. The van der Waals surface area contributed by atoms with E-state index in [2.05, 4.69) is 12.1 Å². The van der Waals surface area contributed by atoms with Crippen LogP contribution in [0.1, 0.15) is 24.0 Å². The van der Waals surface area contributed by atoms with Crippen LogP contribution >= 0.6 is 0 Å². The van der Waals surface area contributed by atoms with Crippen molar-refractivity contribution >= 4 is 5.78 Å². The van der Waals surface area contributed by atoms with Crippen LogP contribution in [0, 0.1) is 23.7 Å². The molecule has 6 atom stereocenters. The van der Waals surface area contributed by atoms with E-state index in [1.165, 1.54) is 24.0 Å². The van der Waals surface area contributed by atoms with Crippen LogP contribution in [0.4, 0.5) is 0 Å². The third-order valence-corrected chi connectivity index (χ3v) is 7.22. The first-order chi connectivity index (χ1) is 10.8. The molecule has 0 aromatic heterocycles. The number of ketones is 1. The van der Waals surface area contributed by atoms with Gasteiger partial charge in [-0.2, -0.15) is 0 Å². The summed E-state index contributed by atoms with van der Waals surface area (Å²) >= 11 is 0. The van der Waals surface area contributed by atoms with Gasteiger partial charge in [-0.25, -0.2) is 0 Å². The highest BCUT2D eigenvalue weighted by Gasteiger charge is 2.73. The second-order valence-electron chi connectivity index (χ2n) is 7.56. The topological polar surface area (TPSA) is 35.5 Å². The van der Waals surface area contributed by atoms with Crippen LogP contribution in [0.3, 0.4) is 0 Å². The van der Waals surface area contributed by atoms with E-state index < -0.39 is 0 Å². The minimum Gasteiger partial charge on any atom is -0.493 e. The highest BCUT2D eigenvalue weighted by atomic mass is 16.5. The number of carbonyl (C=O) groups is 1. The van der Waals surface area contributed by atoms with Crippen molar-refractivity contribution in [2.45, 2.75) is 30.8 Å². The van der Waals surface area contributed by atoms with Crippen molar-refractivity contribution in [3.05, 3.63) is 35.4 Å². The van der Waals surface area contributed by atoms with Crippen LogP contribution in [0.5, 0.6) is 11.5 Å². The molecule has 6 rings (SSSR count). The third kappa shape index (κ3) is 0.956. The summed E-state index contributed by atoms with van der Waals surface area (Å²) < 4.78 is 11.8. The molecule has 3 nitrogen and oxygen atoms in total. The lowest BCUT2D eigenvalue weighted by Gasteiger charge is -2.46. The monoisotopic (exact) mass is 294 g/mol. The van der Waals surface area contributed by atoms with Crippen molar-refractivity contribution in [2.24, 2.45) is 23.7 Å². The van der Waals surface area contributed by atoms with E-state index in [9.17, 15) is 4.79 Å². The number of ether oxygens (including phenoxy) is 2. The standard InChI is InChI=1S/C19H18O3/c1-21-15-7-2-9-8-11-10-3-4-13(11)19-12(10)5-6-14(20)18(19)22-17(15)16(9)19/h2,5-7,10-13,18H,3-4,8H2,1H3/t10-,11?,12+,13?,18?,19-/m1/s1. The normalized spacial score (nSPS) is 45.0. The van der Waals surface area contributed by atoms with Crippen LogP contribution in [0.2, 0.25) is 0 Å². The predicted molar refractivity (Wildman–Crippen MR) is 80.1 cm³/mol. The summed E-state index contributed by atoms with van der Waals surface area (Å²) in [6.07, 6.45) is 7.40. The van der Waals surface area contributed by atoms with Crippen LogP contribution in [-0.2, 0) is 16.6 Å². The van der Waals surface area contributed by atoms with E-state index in [-0.39, 0.29) is 17.3 Å². The number of rotatable bonds is 1. The highest BCUT2D eigenvalue weighted by molar-refractivity contribution is 5.98. The second-order valence-corrected chi connectivity index (χ2v) is 7.56. The lowest BCUT2D eigenvalue weighted by molar-refractivity contribution is -0.126. The first-order valence-electron chi connectivity index (χ1n) is 8.36. The summed E-state index contributed by atoms with van der Waals surface area (Å²) in [7, 11) is 1.69. The van der Waals surface area contributed by atoms with Gasteiger partial charge in [0.15, 0.2) is 23.4 Å². The molecule has 1 aliphatic heterocycles. The average Bonchev–Trinajstić information content (AvgIpc) is 3.15. The molecule has 0 N–H and O–H groups in total. The lowest BCUT2D eigenvalue weighted by atomic mass is 9.55. The van der Waals surface area contributed by atoms with Gasteiger partial charge < -0.3 is 9.47 Å². The van der Waals surface area contributed by atoms with Gasteiger partial charge in [0.25, 0.3) is 0 Å². The van der Waals surface area contributed by atoms with Gasteiger partial charge >= 0.3 is 0 Å². The van der Waals surface area contributed by atoms with E-state index in [0.29, 0.717) is 11.8 Å². The Balaban J connectivity index is 1.74. The summed E-state index contributed by atoms with van der Waals surface area (Å²) in [5.74, 6) is 4.35. The Bertz CT molecular complexity index is 764. The maximum absolute atomic E-state index is 12.6. The van der Waals surface area contributed by atoms with Gasteiger partial charge in [0.05, 0.1) is 12.5 Å². The number of hydrogen-bond donors (Lipinski definition) is 0. The zero-order valence-corrected chi connectivity index (χ0v) is 12.5. The summed E-state index contributed by atoms with van der Waals surface area (Å²) in [5, 5.41) is 0. The molecule has 1 aromatic carbocycles. The minimum atomic E-state index is -0.314. The molecule has 5 aliphatic rings. The van der Waals surface area contributed by atoms with Gasteiger partial charge in [-0.1, -0.05) is 12.1 Å². The quantitative estimate of drug-likeness (QED) is 0.799. The molecule has 3 unspecified atom stereocenters. The summed E-state index contributed by atoms with van der Waals surface area (Å²) in [5.41, 5.74) is 2.64. The Morgan fingerprint density at radius 3 is 3.05 bits per heavy atom. The SMILES string of the molecule is COc1ccc2c3c1OC1C(=O)C=C[C@H]4[C@@H]5CCC(C5C2)[C@]314. The van der Waals surface area contributed by atoms with E-state index in [1.807, 2.05) is 6.07 Å². The molecule has 0 saturated heterocycles. The van der Waals surface area contributed by atoms with Crippen molar-refractivity contribution in [3.63, 3.8) is 0 Å². The van der Waals surface area contributed by atoms with E-state index >= 15 is 0 Å². The van der Waals surface area contributed by atoms with E-state index in [0.717, 1.165) is 29.8 Å². The molecular weight excluding hydrogens is 276 g/mol. The van der Waals surface area contributed by atoms with Gasteiger partial charge in [-0.15, -0.1) is 0 Å². The molecule has 3 heteroatoms. The Kier molecular flexibility index (Phi) is 1.83. The average molecular weight is 294 g/mol. The summed E-state index contributed by atoms with van der Waals surface area (Å²) in [6, 6.07) is 4.23. The van der Waals surface area contributed by atoms with Crippen LogP contribution in [0.15, 0.2) is 24.3 Å². The molecule has 1 heterocycles. The van der Waals surface area contributed by atoms with Gasteiger partial charge in [0, 0.05) is 5.56 Å². The van der Waals surface area contributed by atoms with E-state index in [4.69, 9.17) is 9.47 Å². The summed E-state index contributed by atoms with van der Waals surface area (Å²) in [6.45, 7) is 0. The summed E-state index contributed by atoms with van der Waals surface area (Å²) in [4.78, 5) is 12.6. The molecule has 112 valence electrons. The highest BCUT2D eigenvalue weighted by Crippen LogP contribution is 2.73. The fourth-order valence-electron chi connectivity index (χ4n) is 6.76. The predicted octanol–water partition coefficient (Wildman–Crippen LogP) is 2.66. The number of hydrogen-bond acceptors (Lipinski definition) is 3. The maximum Gasteiger partial charge on any atom is 0.196 e. The van der Waals surface area contributed by atoms with Crippen molar-refractivity contribution < 1.29 is 14.3 Å². The number of allylic oxidation sites excluding steroid dienone is 1. The fraction of sp³-hybridized carbons (Fsp3) is 0.526. The van der Waals surface area contributed by atoms with Crippen molar-refractivity contribution in [2.75, 3.05) is 7.11 Å². The molecule has 1 aromatic rings. The van der Waals surface area contributed by atoms with Crippen LogP contribution in [-0.4, -0.2) is 19.0 Å². The van der Waals surface area contributed by atoms with Crippen molar-refractivity contribution in [1.82, 2.24) is 0 Å². The number of methoxy groups -OCH3 is 1. The maximum atomic E-state index is 12.6. The molecule has 4 aliphatic carbocycles. The first-order valence-corrected chi connectivity index (χ1v) is 8.36. The van der Waals surface area contributed by atoms with Gasteiger partial charge in [0.1, 0.15) is 0 Å². The molecule has 1 spiro atoms. The van der Waals surface area contributed by atoms with E-state index in [1.54, 1.807) is 13.2 Å². The molecular formula is C19H18O3.